The van der Waals surface area contributed by atoms with Gasteiger partial charge in [0.2, 0.25) is 0 Å². The second-order valence-corrected chi connectivity index (χ2v) is 2.40. The molecule has 0 aromatic carbocycles. The number of aryl methyl sites for hydroxylation is 1. The van der Waals surface area contributed by atoms with Gasteiger partial charge >= 0.3 is 5.97 Å². The number of hydrogen-bond donors (Lipinski definition) is 2. The monoisotopic (exact) mass is 172 g/mol. The van der Waals surface area contributed by atoms with Gasteiger partial charge in [0.05, 0.1) is 6.33 Å². The number of aliphatic carboxylic acids is 1. The summed E-state index contributed by atoms with van der Waals surface area (Å²) in [5, 5.41) is 8.58. The van der Waals surface area contributed by atoms with Crippen molar-refractivity contribution in [1.29, 1.82) is 0 Å². The van der Waals surface area contributed by atoms with E-state index >= 15 is 0 Å². The second kappa shape index (κ2) is 3.36. The zero-order valence-electron chi connectivity index (χ0n) is 9.27. The second-order valence-electron chi connectivity index (χ2n) is 2.40. The van der Waals surface area contributed by atoms with Crippen LogP contribution >= 0.6 is 0 Å². The zero-order chi connectivity index (χ0) is 11.6. The maximum atomic E-state index is 10.5. The number of aromatic nitrogens is 2. The molecule has 1 heterocycles. The van der Waals surface area contributed by atoms with Crippen molar-refractivity contribution in [3.05, 3.63) is 18.2 Å². The third-order valence-electron chi connectivity index (χ3n) is 1.46. The Morgan fingerprint density at radius 3 is 3.42 bits per heavy atom. The van der Waals surface area contributed by atoms with E-state index in [9.17, 15) is 4.79 Å². The summed E-state index contributed by atoms with van der Waals surface area (Å²) < 4.78 is 22.4. The number of nitrogens with zero attached hydrogens (tertiary/aromatic N) is 2. The summed E-state index contributed by atoms with van der Waals surface area (Å²) in [6, 6.07) is -1.12. The standard InChI is InChI=1S/C7H11N3O2/c1-10-4-9-3-5(10)2-6(8)7(11)12/h3-4,6H,2,8H2,1H3,(H,11,12)/t6-/m1/s1/i1D3. The number of imidazole rings is 1. The molecule has 12 heavy (non-hydrogen) atoms. The van der Waals surface area contributed by atoms with Crippen LogP contribution in [0.2, 0.25) is 0 Å². The van der Waals surface area contributed by atoms with Gasteiger partial charge < -0.3 is 15.4 Å². The predicted octanol–water partition coefficient (Wildman–Crippen LogP) is -0.625. The van der Waals surface area contributed by atoms with Gasteiger partial charge in [-0.2, -0.15) is 0 Å². The Morgan fingerprint density at radius 2 is 2.83 bits per heavy atom. The maximum absolute atomic E-state index is 10.5. The highest BCUT2D eigenvalue weighted by molar-refractivity contribution is 5.73. The van der Waals surface area contributed by atoms with E-state index in [-0.39, 0.29) is 12.1 Å². The fraction of sp³-hybridized carbons (Fsp3) is 0.429. The summed E-state index contributed by atoms with van der Waals surface area (Å²) in [5.74, 6) is -1.17. The van der Waals surface area contributed by atoms with Gasteiger partial charge in [-0.1, -0.05) is 0 Å². The first-order chi connectivity index (χ1) is 6.82. The average Bonchev–Trinajstić information content (AvgIpc) is 2.50. The van der Waals surface area contributed by atoms with Crippen molar-refractivity contribution < 1.29 is 14.0 Å². The fourth-order valence-electron chi connectivity index (χ4n) is 0.786. The minimum absolute atomic E-state index is 0.0618. The molecular weight excluding hydrogens is 158 g/mol. The van der Waals surface area contributed by atoms with Crippen LogP contribution in [0.3, 0.4) is 0 Å². The largest absolute Gasteiger partial charge is 0.480 e. The Labute approximate surface area is 74.0 Å². The molecule has 3 N–H and O–H groups in total. The summed E-state index contributed by atoms with van der Waals surface area (Å²) in [6.45, 7) is -2.36. The zero-order valence-corrected chi connectivity index (χ0v) is 6.27. The van der Waals surface area contributed by atoms with E-state index in [0.717, 1.165) is 10.9 Å². The van der Waals surface area contributed by atoms with Gasteiger partial charge in [0.1, 0.15) is 6.04 Å². The molecule has 5 heteroatoms. The number of rotatable bonds is 3. The predicted molar refractivity (Wildman–Crippen MR) is 42.5 cm³/mol. The van der Waals surface area contributed by atoms with E-state index in [2.05, 4.69) is 4.98 Å². The molecule has 5 nitrogen and oxygen atoms in total. The number of carbonyl (C=O) groups is 1. The van der Waals surface area contributed by atoms with Gasteiger partial charge in [0, 0.05) is 29.4 Å². The van der Waals surface area contributed by atoms with E-state index in [1.54, 1.807) is 0 Å². The quantitative estimate of drug-likeness (QED) is 0.636. The Hall–Kier alpha value is -1.36. The molecule has 0 spiro atoms. The Kier molecular flexibility index (Phi) is 1.49. The number of carboxylic acid groups (broad SMARTS) is 1. The lowest BCUT2D eigenvalue weighted by Gasteiger charge is -2.05. The SMILES string of the molecule is [2H]C([2H])([2H])n1cncc1C[C@@H](N)C(=O)O. The molecule has 0 bridgehead atoms. The maximum Gasteiger partial charge on any atom is 0.320 e. The summed E-state index contributed by atoms with van der Waals surface area (Å²) in [5.41, 5.74) is 5.58. The molecule has 66 valence electrons. The molecule has 0 amide bonds. The van der Waals surface area contributed by atoms with Crippen LogP contribution in [0, 0.1) is 0 Å². The molecule has 0 aliphatic heterocycles. The average molecular weight is 172 g/mol. The van der Waals surface area contributed by atoms with Gasteiger partial charge in [0.25, 0.3) is 0 Å². The van der Waals surface area contributed by atoms with Crippen molar-refractivity contribution in [3.63, 3.8) is 0 Å². The summed E-state index contributed by atoms with van der Waals surface area (Å²) >= 11 is 0. The summed E-state index contributed by atoms with van der Waals surface area (Å²) in [6.07, 6.45) is 2.37. The molecule has 0 saturated heterocycles. The molecule has 1 aromatic heterocycles. The first-order valence-electron chi connectivity index (χ1n) is 4.82. The Balaban J connectivity index is 2.87. The molecule has 0 fully saturated rings. The highest BCUT2D eigenvalue weighted by Crippen LogP contribution is 1.99. The molecule has 0 unspecified atom stereocenters. The molecule has 0 saturated carbocycles. The van der Waals surface area contributed by atoms with Crippen LogP contribution in [0.5, 0.6) is 0 Å². The van der Waals surface area contributed by atoms with Crippen molar-refractivity contribution in [2.45, 2.75) is 12.5 Å². The minimum atomic E-state index is -2.36. The third kappa shape index (κ3) is 1.82. The van der Waals surface area contributed by atoms with Crippen molar-refractivity contribution in [2.24, 2.45) is 12.7 Å². The van der Waals surface area contributed by atoms with Crippen LogP contribution in [0.25, 0.3) is 0 Å². The van der Waals surface area contributed by atoms with Crippen LogP contribution in [0.4, 0.5) is 0 Å². The number of carboxylic acids is 1. The van der Waals surface area contributed by atoms with Crippen molar-refractivity contribution in [3.8, 4) is 0 Å². The highest BCUT2D eigenvalue weighted by atomic mass is 16.4. The van der Waals surface area contributed by atoms with Crippen LogP contribution in [-0.4, -0.2) is 26.7 Å². The number of nitrogens with two attached hydrogens (primary N) is 1. The van der Waals surface area contributed by atoms with Gasteiger partial charge in [0.15, 0.2) is 0 Å². The van der Waals surface area contributed by atoms with E-state index in [0.29, 0.717) is 0 Å². The van der Waals surface area contributed by atoms with E-state index < -0.39 is 19.0 Å². The lowest BCUT2D eigenvalue weighted by molar-refractivity contribution is -0.138. The van der Waals surface area contributed by atoms with Crippen molar-refractivity contribution in [1.82, 2.24) is 9.55 Å². The lowest BCUT2D eigenvalue weighted by Crippen LogP contribution is -2.32. The number of hydrogen-bond acceptors (Lipinski definition) is 3. The van der Waals surface area contributed by atoms with Gasteiger partial charge in [-0.15, -0.1) is 0 Å². The Bertz CT molecular complexity index is 361. The van der Waals surface area contributed by atoms with E-state index in [1.807, 2.05) is 0 Å². The molecule has 0 aliphatic rings. The smallest absolute Gasteiger partial charge is 0.320 e. The third-order valence-corrected chi connectivity index (χ3v) is 1.46. The van der Waals surface area contributed by atoms with Gasteiger partial charge in [-0.05, 0) is 0 Å². The molecule has 1 rings (SSSR count). The summed E-state index contributed by atoms with van der Waals surface area (Å²) in [4.78, 5) is 14.1. The van der Waals surface area contributed by atoms with Crippen LogP contribution in [0.15, 0.2) is 12.5 Å². The summed E-state index contributed by atoms with van der Waals surface area (Å²) in [7, 11) is 0. The van der Waals surface area contributed by atoms with Crippen molar-refractivity contribution in [2.75, 3.05) is 0 Å². The molecular formula is C7H11N3O2. The molecule has 1 aromatic rings. The van der Waals surface area contributed by atoms with Crippen LogP contribution < -0.4 is 5.73 Å². The highest BCUT2D eigenvalue weighted by Gasteiger charge is 2.13. The molecule has 1 atom stereocenters. The minimum Gasteiger partial charge on any atom is -0.480 e. The first kappa shape index (κ1) is 5.31. The van der Waals surface area contributed by atoms with Crippen molar-refractivity contribution >= 4 is 5.97 Å². The van der Waals surface area contributed by atoms with E-state index in [4.69, 9.17) is 15.0 Å². The normalized spacial score (nSPS) is 17.6. The molecule has 0 radical (unpaired) electrons. The van der Waals surface area contributed by atoms with E-state index in [1.165, 1.54) is 6.20 Å². The van der Waals surface area contributed by atoms with Gasteiger partial charge in [-0.3, -0.25) is 4.79 Å². The fourth-order valence-corrected chi connectivity index (χ4v) is 0.786. The Morgan fingerprint density at radius 1 is 2.08 bits per heavy atom. The lowest BCUT2D eigenvalue weighted by atomic mass is 10.2. The van der Waals surface area contributed by atoms with Gasteiger partial charge in [-0.25, -0.2) is 4.98 Å². The van der Waals surface area contributed by atoms with Crippen LogP contribution in [0.1, 0.15) is 9.81 Å². The van der Waals surface area contributed by atoms with Crippen LogP contribution in [-0.2, 0) is 18.2 Å². The topological polar surface area (TPSA) is 81.1 Å². The first-order valence-corrected chi connectivity index (χ1v) is 3.32. The molecule has 0 aliphatic carbocycles.